The molecule has 0 heterocycles. The monoisotopic (exact) mass is 315 g/mol. The second kappa shape index (κ2) is 7.26. The van der Waals surface area contributed by atoms with Crippen molar-refractivity contribution in [3.05, 3.63) is 63.7 Å². The summed E-state index contributed by atoms with van der Waals surface area (Å²) in [5.74, 6) is 0.0724. The maximum Gasteiger partial charge on any atom is 0.269 e. The van der Waals surface area contributed by atoms with Crippen molar-refractivity contribution in [3.8, 4) is 11.5 Å². The number of nitro groups is 1. The van der Waals surface area contributed by atoms with Gasteiger partial charge < -0.3 is 15.2 Å². The van der Waals surface area contributed by atoms with Gasteiger partial charge in [-0.15, -0.1) is 5.75 Å². The van der Waals surface area contributed by atoms with Crippen LogP contribution in [0.5, 0.6) is 11.5 Å². The van der Waals surface area contributed by atoms with E-state index in [1.54, 1.807) is 31.4 Å². The van der Waals surface area contributed by atoms with Crippen molar-refractivity contribution < 1.29 is 19.6 Å². The quantitative estimate of drug-likeness (QED) is 0.643. The number of amides is 1. The average molecular weight is 315 g/mol. The highest BCUT2D eigenvalue weighted by Gasteiger charge is 2.08. The van der Waals surface area contributed by atoms with E-state index in [2.05, 4.69) is 5.32 Å². The molecule has 1 N–H and O–H groups in total. The zero-order valence-electron chi connectivity index (χ0n) is 12.4. The first-order valence-electron chi connectivity index (χ1n) is 6.83. The molecular formula is C16H15N2O5-. The molecule has 2 aromatic carbocycles. The minimum absolute atomic E-state index is 0.0461. The molecule has 23 heavy (non-hydrogen) atoms. The molecule has 1 amide bonds. The smallest absolute Gasteiger partial charge is 0.269 e. The summed E-state index contributed by atoms with van der Waals surface area (Å²) in [6, 6.07) is 10.5. The molecule has 0 aliphatic rings. The molecule has 0 unspecified atom stereocenters. The molecular weight excluding hydrogens is 300 g/mol. The van der Waals surface area contributed by atoms with Crippen LogP contribution in [0, 0.1) is 10.1 Å². The molecule has 7 nitrogen and oxygen atoms in total. The van der Waals surface area contributed by atoms with E-state index in [9.17, 15) is 20.0 Å². The zero-order valence-corrected chi connectivity index (χ0v) is 12.4. The van der Waals surface area contributed by atoms with Crippen LogP contribution in [-0.2, 0) is 17.8 Å². The lowest BCUT2D eigenvalue weighted by atomic mass is 10.1. The number of carbonyl (C=O) groups is 1. The van der Waals surface area contributed by atoms with Crippen LogP contribution in [-0.4, -0.2) is 17.9 Å². The molecule has 2 aromatic rings. The Morgan fingerprint density at radius 3 is 2.52 bits per heavy atom. The van der Waals surface area contributed by atoms with Crippen LogP contribution in [0.15, 0.2) is 42.5 Å². The van der Waals surface area contributed by atoms with E-state index < -0.39 is 4.92 Å². The Hall–Kier alpha value is -3.09. The Labute approximate surface area is 132 Å². The number of nitrogens with zero attached hydrogens (tertiary/aromatic N) is 1. The van der Waals surface area contributed by atoms with E-state index in [0.29, 0.717) is 5.75 Å². The lowest BCUT2D eigenvalue weighted by Gasteiger charge is -2.13. The fourth-order valence-electron chi connectivity index (χ4n) is 2.00. The summed E-state index contributed by atoms with van der Waals surface area (Å²) in [7, 11) is 1.56. The van der Waals surface area contributed by atoms with Crippen molar-refractivity contribution in [2.75, 3.05) is 7.11 Å². The summed E-state index contributed by atoms with van der Waals surface area (Å²) in [6.07, 6.45) is 0.146. The highest BCUT2D eigenvalue weighted by Crippen LogP contribution is 2.20. The number of rotatable bonds is 6. The fourth-order valence-corrected chi connectivity index (χ4v) is 2.00. The Morgan fingerprint density at radius 1 is 1.22 bits per heavy atom. The van der Waals surface area contributed by atoms with Crippen LogP contribution < -0.4 is 15.2 Å². The van der Waals surface area contributed by atoms with Gasteiger partial charge in [0.1, 0.15) is 5.75 Å². The van der Waals surface area contributed by atoms with Gasteiger partial charge in [-0.3, -0.25) is 14.9 Å². The fraction of sp³-hybridized carbons (Fsp3) is 0.188. The van der Waals surface area contributed by atoms with Crippen LogP contribution in [0.25, 0.3) is 0 Å². The maximum absolute atomic E-state index is 11.9. The highest BCUT2D eigenvalue weighted by atomic mass is 16.6. The van der Waals surface area contributed by atoms with Gasteiger partial charge in [0, 0.05) is 18.7 Å². The van der Waals surface area contributed by atoms with Crippen molar-refractivity contribution >= 4 is 11.6 Å². The van der Waals surface area contributed by atoms with E-state index in [0.717, 1.165) is 17.7 Å². The van der Waals surface area contributed by atoms with Crippen LogP contribution in [0.3, 0.4) is 0 Å². The Balaban J connectivity index is 1.96. The van der Waals surface area contributed by atoms with Crippen molar-refractivity contribution in [2.45, 2.75) is 13.0 Å². The Kier molecular flexibility index (Phi) is 5.14. The molecule has 0 aliphatic carbocycles. The van der Waals surface area contributed by atoms with Gasteiger partial charge in [0.2, 0.25) is 5.91 Å². The van der Waals surface area contributed by atoms with Gasteiger partial charge in [0.25, 0.3) is 5.69 Å². The standard InChI is InChI=1S/C16H16N2O5/c1-23-14-5-2-11(3-6-14)8-16(20)17-10-12-9-13(18(21)22)4-7-15(12)19/h2-7,9,19H,8,10H2,1H3,(H,17,20)/p-1. The minimum atomic E-state index is -0.581. The maximum atomic E-state index is 11.9. The number of nitro benzene ring substituents is 1. The van der Waals surface area contributed by atoms with E-state index >= 15 is 0 Å². The lowest BCUT2D eigenvalue weighted by molar-refractivity contribution is -0.385. The molecule has 0 fully saturated rings. The third-order valence-electron chi connectivity index (χ3n) is 3.25. The lowest BCUT2D eigenvalue weighted by Crippen LogP contribution is -2.25. The SMILES string of the molecule is COc1ccc(CC(=O)NCc2cc([N+](=O)[O-])ccc2[O-])cc1. The topological polar surface area (TPSA) is 105 Å². The summed E-state index contributed by atoms with van der Waals surface area (Å²) in [6.45, 7) is -0.0461. The van der Waals surface area contributed by atoms with E-state index in [-0.39, 0.29) is 35.9 Å². The third-order valence-corrected chi connectivity index (χ3v) is 3.25. The van der Waals surface area contributed by atoms with Gasteiger partial charge in [-0.2, -0.15) is 0 Å². The first-order valence-corrected chi connectivity index (χ1v) is 6.83. The van der Waals surface area contributed by atoms with Gasteiger partial charge in [-0.1, -0.05) is 18.2 Å². The zero-order chi connectivity index (χ0) is 16.8. The molecule has 0 bridgehead atoms. The number of benzene rings is 2. The van der Waals surface area contributed by atoms with Crippen molar-refractivity contribution in [1.29, 1.82) is 0 Å². The number of nitrogens with one attached hydrogen (secondary N) is 1. The normalized spacial score (nSPS) is 10.1. The summed E-state index contributed by atoms with van der Waals surface area (Å²) in [5, 5.41) is 24.9. The number of methoxy groups -OCH3 is 1. The molecule has 7 heteroatoms. The molecule has 0 radical (unpaired) electrons. The van der Waals surface area contributed by atoms with E-state index in [1.165, 1.54) is 6.07 Å². The largest absolute Gasteiger partial charge is 0.872 e. The molecule has 0 saturated heterocycles. The summed E-state index contributed by atoms with van der Waals surface area (Å²) < 4.78 is 5.03. The summed E-state index contributed by atoms with van der Waals surface area (Å²) in [5.41, 5.74) is 0.802. The Morgan fingerprint density at radius 2 is 1.91 bits per heavy atom. The molecule has 0 atom stereocenters. The van der Waals surface area contributed by atoms with Crippen molar-refractivity contribution in [3.63, 3.8) is 0 Å². The molecule has 0 spiro atoms. The summed E-state index contributed by atoms with van der Waals surface area (Å²) in [4.78, 5) is 22.0. The van der Waals surface area contributed by atoms with Gasteiger partial charge in [0.05, 0.1) is 18.5 Å². The number of ether oxygens (including phenoxy) is 1. The van der Waals surface area contributed by atoms with Gasteiger partial charge in [0.15, 0.2) is 0 Å². The first kappa shape index (κ1) is 16.3. The van der Waals surface area contributed by atoms with Crippen LogP contribution in [0.2, 0.25) is 0 Å². The average Bonchev–Trinajstić information content (AvgIpc) is 2.54. The first-order chi connectivity index (χ1) is 11.0. The van der Waals surface area contributed by atoms with Crippen molar-refractivity contribution in [1.82, 2.24) is 5.32 Å². The Bertz CT molecular complexity index is 713. The number of carbonyl (C=O) groups excluding carboxylic acids is 1. The van der Waals surface area contributed by atoms with E-state index in [1.807, 2.05) is 0 Å². The third kappa shape index (κ3) is 4.44. The van der Waals surface area contributed by atoms with Gasteiger partial charge in [-0.25, -0.2) is 0 Å². The number of non-ortho nitro benzene ring substituents is 1. The van der Waals surface area contributed by atoms with Crippen LogP contribution in [0.4, 0.5) is 5.69 Å². The second-order valence-electron chi connectivity index (χ2n) is 4.85. The molecule has 2 rings (SSSR count). The minimum Gasteiger partial charge on any atom is -0.872 e. The highest BCUT2D eigenvalue weighted by molar-refractivity contribution is 5.78. The molecule has 0 aromatic heterocycles. The van der Waals surface area contributed by atoms with Gasteiger partial charge >= 0.3 is 0 Å². The number of hydrogen-bond donors (Lipinski definition) is 1. The number of hydrogen-bond acceptors (Lipinski definition) is 5. The predicted octanol–water partition coefficient (Wildman–Crippen LogP) is 1.54. The van der Waals surface area contributed by atoms with Crippen molar-refractivity contribution in [2.24, 2.45) is 0 Å². The van der Waals surface area contributed by atoms with Crippen LogP contribution in [0.1, 0.15) is 11.1 Å². The van der Waals surface area contributed by atoms with Crippen LogP contribution >= 0.6 is 0 Å². The summed E-state index contributed by atoms with van der Waals surface area (Å²) >= 11 is 0. The van der Waals surface area contributed by atoms with E-state index in [4.69, 9.17) is 4.74 Å². The molecule has 0 aliphatic heterocycles. The molecule has 0 saturated carbocycles. The predicted molar refractivity (Wildman–Crippen MR) is 81.1 cm³/mol. The second-order valence-corrected chi connectivity index (χ2v) is 4.85. The molecule has 120 valence electrons. The van der Waals surface area contributed by atoms with Gasteiger partial charge in [-0.05, 0) is 23.3 Å².